The molecule has 1 atom stereocenters. The van der Waals surface area contributed by atoms with E-state index in [0.29, 0.717) is 11.4 Å². The molecule has 1 rings (SSSR count). The molecule has 1 unspecified atom stereocenters. The van der Waals surface area contributed by atoms with Gasteiger partial charge in [0.25, 0.3) is 0 Å². The summed E-state index contributed by atoms with van der Waals surface area (Å²) in [7, 11) is -3.44. The number of benzene rings is 1. The maximum absolute atomic E-state index is 11.9. The van der Waals surface area contributed by atoms with E-state index < -0.39 is 22.0 Å². The Morgan fingerprint density at radius 1 is 1.42 bits per heavy atom. The molecule has 1 amide bonds. The number of aryl methyl sites for hydroxylation is 1. The zero-order valence-electron chi connectivity index (χ0n) is 10.8. The first-order valence-corrected chi connectivity index (χ1v) is 8.12. The fraction of sp³-hybridized carbons (Fsp3) is 0.364. The maximum Gasteiger partial charge on any atom is 0.242 e. The molecule has 1 aromatic rings. The second-order valence-corrected chi connectivity index (χ2v) is 6.98. The van der Waals surface area contributed by atoms with Crippen LogP contribution in [0, 0.1) is 6.92 Å². The molecule has 0 saturated heterocycles. The van der Waals surface area contributed by atoms with Gasteiger partial charge < -0.3 is 11.1 Å². The molecule has 0 aromatic heterocycles. The third-order valence-corrected chi connectivity index (χ3v) is 3.63. The minimum absolute atomic E-state index is 0.444. The standard InChI is InChI=1S/C11H16BrN3O3S/c1-6-4-8(12)5-9(10(6)13)14-11(16)7(2)15-19(3,17)18/h4-5,7,15H,13H2,1-3H3,(H,14,16). The molecule has 6 nitrogen and oxygen atoms in total. The average Bonchev–Trinajstić information content (AvgIpc) is 2.22. The van der Waals surface area contributed by atoms with Gasteiger partial charge in [-0.15, -0.1) is 0 Å². The van der Waals surface area contributed by atoms with E-state index in [1.165, 1.54) is 6.92 Å². The van der Waals surface area contributed by atoms with E-state index in [-0.39, 0.29) is 0 Å². The molecule has 8 heteroatoms. The quantitative estimate of drug-likeness (QED) is 0.711. The van der Waals surface area contributed by atoms with Gasteiger partial charge in [0.05, 0.1) is 23.7 Å². The third-order valence-electron chi connectivity index (χ3n) is 2.39. The zero-order valence-corrected chi connectivity index (χ0v) is 13.2. The molecule has 19 heavy (non-hydrogen) atoms. The normalized spacial score (nSPS) is 13.1. The van der Waals surface area contributed by atoms with Crippen LogP contribution in [0.1, 0.15) is 12.5 Å². The van der Waals surface area contributed by atoms with Gasteiger partial charge in [-0.05, 0) is 31.5 Å². The summed E-state index contributed by atoms with van der Waals surface area (Å²) >= 11 is 3.30. The number of nitrogen functional groups attached to an aromatic ring is 1. The topological polar surface area (TPSA) is 101 Å². The van der Waals surface area contributed by atoms with Gasteiger partial charge in [0, 0.05) is 4.47 Å². The SMILES string of the molecule is Cc1cc(Br)cc(NC(=O)C(C)NS(C)(=O)=O)c1N. The Balaban J connectivity index is 2.88. The number of rotatable bonds is 4. The average molecular weight is 350 g/mol. The number of amides is 1. The summed E-state index contributed by atoms with van der Waals surface area (Å²) in [5.41, 5.74) is 7.56. The first-order chi connectivity index (χ1) is 8.60. The van der Waals surface area contributed by atoms with E-state index in [2.05, 4.69) is 26.0 Å². The largest absolute Gasteiger partial charge is 0.397 e. The second-order valence-electron chi connectivity index (χ2n) is 4.28. The maximum atomic E-state index is 11.9. The predicted molar refractivity (Wildman–Crippen MR) is 79.4 cm³/mol. The number of hydrogen-bond donors (Lipinski definition) is 3. The number of halogens is 1. The number of carbonyl (C=O) groups excluding carboxylic acids is 1. The highest BCUT2D eigenvalue weighted by Gasteiger charge is 2.18. The smallest absolute Gasteiger partial charge is 0.242 e. The molecule has 0 fully saturated rings. The fourth-order valence-corrected chi connectivity index (χ4v) is 2.79. The number of carbonyl (C=O) groups is 1. The van der Waals surface area contributed by atoms with Crippen molar-refractivity contribution in [1.82, 2.24) is 4.72 Å². The van der Waals surface area contributed by atoms with Crippen molar-refractivity contribution in [3.63, 3.8) is 0 Å². The van der Waals surface area contributed by atoms with Crippen LogP contribution < -0.4 is 15.8 Å². The Morgan fingerprint density at radius 2 is 2.00 bits per heavy atom. The van der Waals surface area contributed by atoms with Crippen LogP contribution in [0.2, 0.25) is 0 Å². The molecular formula is C11H16BrN3O3S. The van der Waals surface area contributed by atoms with Crippen LogP contribution in [0.25, 0.3) is 0 Å². The molecular weight excluding hydrogens is 334 g/mol. The van der Waals surface area contributed by atoms with Crippen LogP contribution in [0.15, 0.2) is 16.6 Å². The Morgan fingerprint density at radius 3 is 2.53 bits per heavy atom. The van der Waals surface area contributed by atoms with Gasteiger partial charge in [-0.2, -0.15) is 0 Å². The minimum atomic E-state index is -3.44. The van der Waals surface area contributed by atoms with Crippen molar-refractivity contribution in [1.29, 1.82) is 0 Å². The summed E-state index contributed by atoms with van der Waals surface area (Å²) < 4.78 is 25.1. The number of nitrogens with one attached hydrogen (secondary N) is 2. The lowest BCUT2D eigenvalue weighted by molar-refractivity contribution is -0.117. The molecule has 0 aliphatic rings. The molecule has 1 aromatic carbocycles. The summed E-state index contributed by atoms with van der Waals surface area (Å²) in [6.45, 7) is 3.27. The van der Waals surface area contributed by atoms with E-state index >= 15 is 0 Å². The number of hydrogen-bond acceptors (Lipinski definition) is 4. The molecule has 0 aliphatic heterocycles. The summed E-state index contributed by atoms with van der Waals surface area (Å²) in [6.07, 6.45) is 0.994. The lowest BCUT2D eigenvalue weighted by Gasteiger charge is -2.15. The first-order valence-electron chi connectivity index (χ1n) is 5.44. The van der Waals surface area contributed by atoms with Gasteiger partial charge in [-0.25, -0.2) is 13.1 Å². The summed E-state index contributed by atoms with van der Waals surface area (Å²) in [5.74, 6) is -0.477. The predicted octanol–water partition coefficient (Wildman–Crippen LogP) is 1.22. The van der Waals surface area contributed by atoms with Crippen molar-refractivity contribution in [2.45, 2.75) is 19.9 Å². The van der Waals surface area contributed by atoms with E-state index in [0.717, 1.165) is 16.3 Å². The first kappa shape index (κ1) is 15.9. The van der Waals surface area contributed by atoms with Gasteiger partial charge in [-0.1, -0.05) is 15.9 Å². The summed E-state index contributed by atoms with van der Waals surface area (Å²) in [5, 5.41) is 2.59. The van der Waals surface area contributed by atoms with Crippen LogP contribution in [-0.4, -0.2) is 26.6 Å². The molecule has 106 valence electrons. The molecule has 0 saturated carbocycles. The van der Waals surface area contributed by atoms with Crippen molar-refractivity contribution < 1.29 is 13.2 Å². The van der Waals surface area contributed by atoms with E-state index in [4.69, 9.17) is 5.73 Å². The second kappa shape index (κ2) is 5.89. The van der Waals surface area contributed by atoms with Crippen molar-refractivity contribution >= 4 is 43.2 Å². The van der Waals surface area contributed by atoms with Crippen molar-refractivity contribution in [3.05, 3.63) is 22.2 Å². The molecule has 0 aliphatic carbocycles. The van der Waals surface area contributed by atoms with E-state index in [1.54, 1.807) is 6.07 Å². The highest BCUT2D eigenvalue weighted by molar-refractivity contribution is 9.10. The fourth-order valence-electron chi connectivity index (χ4n) is 1.47. The van der Waals surface area contributed by atoms with Crippen LogP contribution >= 0.6 is 15.9 Å². The Labute approximate surface area is 120 Å². The van der Waals surface area contributed by atoms with Crippen molar-refractivity contribution in [2.24, 2.45) is 0 Å². The van der Waals surface area contributed by atoms with E-state index in [9.17, 15) is 13.2 Å². The monoisotopic (exact) mass is 349 g/mol. The number of nitrogens with two attached hydrogens (primary N) is 1. The van der Waals surface area contributed by atoms with E-state index in [1.807, 2.05) is 13.0 Å². The van der Waals surface area contributed by atoms with Crippen LogP contribution in [0.3, 0.4) is 0 Å². The molecule has 0 bridgehead atoms. The highest BCUT2D eigenvalue weighted by Crippen LogP contribution is 2.27. The van der Waals surface area contributed by atoms with Gasteiger partial charge in [0.15, 0.2) is 0 Å². The Bertz CT molecular complexity index is 601. The van der Waals surface area contributed by atoms with Crippen LogP contribution in [-0.2, 0) is 14.8 Å². The van der Waals surface area contributed by atoms with Gasteiger partial charge in [0.2, 0.25) is 15.9 Å². The van der Waals surface area contributed by atoms with Crippen molar-refractivity contribution in [2.75, 3.05) is 17.3 Å². The van der Waals surface area contributed by atoms with Crippen LogP contribution in [0.5, 0.6) is 0 Å². The Hall–Kier alpha value is -1.12. The zero-order chi connectivity index (χ0) is 14.8. The lowest BCUT2D eigenvalue weighted by Crippen LogP contribution is -2.41. The number of sulfonamides is 1. The Kier molecular flexibility index (Phi) is 4.94. The molecule has 4 N–H and O–H groups in total. The van der Waals surface area contributed by atoms with Gasteiger partial charge in [-0.3, -0.25) is 4.79 Å². The highest BCUT2D eigenvalue weighted by atomic mass is 79.9. The summed E-state index contributed by atoms with van der Waals surface area (Å²) in [6, 6.07) is 2.60. The lowest BCUT2D eigenvalue weighted by atomic mass is 10.1. The summed E-state index contributed by atoms with van der Waals surface area (Å²) in [4.78, 5) is 11.9. The number of anilines is 2. The van der Waals surface area contributed by atoms with Gasteiger partial charge in [0.1, 0.15) is 0 Å². The van der Waals surface area contributed by atoms with Gasteiger partial charge >= 0.3 is 0 Å². The molecule has 0 heterocycles. The van der Waals surface area contributed by atoms with Crippen LogP contribution in [0.4, 0.5) is 11.4 Å². The molecule has 0 spiro atoms. The minimum Gasteiger partial charge on any atom is -0.397 e. The third kappa shape index (κ3) is 4.81. The molecule has 0 radical (unpaired) electrons. The van der Waals surface area contributed by atoms with Crippen molar-refractivity contribution in [3.8, 4) is 0 Å².